The van der Waals surface area contributed by atoms with Gasteiger partial charge in [0.15, 0.2) is 6.80 Å². The molecule has 0 atom stereocenters. The fourth-order valence-electron chi connectivity index (χ4n) is 2.32. The van der Waals surface area contributed by atoms with E-state index in [0.717, 1.165) is 30.9 Å². The minimum atomic E-state index is -0.532. The van der Waals surface area contributed by atoms with Crippen LogP contribution in [0.15, 0.2) is 12.1 Å². The van der Waals surface area contributed by atoms with Gasteiger partial charge >= 0.3 is 0 Å². The van der Waals surface area contributed by atoms with Crippen molar-refractivity contribution in [3.63, 3.8) is 0 Å². The van der Waals surface area contributed by atoms with Crippen molar-refractivity contribution in [3.05, 3.63) is 23.3 Å². The molecule has 1 aromatic rings. The quantitative estimate of drug-likeness (QED) is 0.849. The van der Waals surface area contributed by atoms with Gasteiger partial charge < -0.3 is 15.1 Å². The summed E-state index contributed by atoms with van der Waals surface area (Å²) in [6.07, 6.45) is 1.07. The smallest absolute Gasteiger partial charge is 0.159 e. The van der Waals surface area contributed by atoms with Crippen LogP contribution >= 0.6 is 0 Å². The summed E-state index contributed by atoms with van der Waals surface area (Å²) in [4.78, 5) is 4.31. The van der Waals surface area contributed by atoms with Crippen molar-refractivity contribution in [3.8, 4) is 0 Å². The SMILES string of the molecule is CC.CN1CCc2cc(N(C)C)c(NCF)cc2C1. The van der Waals surface area contributed by atoms with Crippen molar-refractivity contribution in [1.29, 1.82) is 0 Å². The Morgan fingerprint density at radius 3 is 2.53 bits per heavy atom. The highest BCUT2D eigenvalue weighted by molar-refractivity contribution is 5.72. The monoisotopic (exact) mass is 267 g/mol. The number of alkyl halides is 1. The highest BCUT2D eigenvalue weighted by Gasteiger charge is 2.16. The van der Waals surface area contributed by atoms with E-state index in [4.69, 9.17) is 0 Å². The maximum Gasteiger partial charge on any atom is 0.159 e. The van der Waals surface area contributed by atoms with E-state index in [1.165, 1.54) is 11.1 Å². The molecule has 0 saturated carbocycles. The van der Waals surface area contributed by atoms with E-state index in [1.54, 1.807) is 0 Å². The molecule has 0 radical (unpaired) electrons. The highest BCUT2D eigenvalue weighted by atomic mass is 19.1. The topological polar surface area (TPSA) is 18.5 Å². The Morgan fingerprint density at radius 1 is 1.26 bits per heavy atom. The zero-order valence-corrected chi connectivity index (χ0v) is 12.8. The minimum Gasteiger partial charge on any atom is -0.376 e. The van der Waals surface area contributed by atoms with Gasteiger partial charge in [-0.15, -0.1) is 0 Å². The Hall–Kier alpha value is -1.29. The summed E-state index contributed by atoms with van der Waals surface area (Å²) in [5.74, 6) is 0. The molecule has 108 valence electrons. The number of anilines is 2. The summed E-state index contributed by atoms with van der Waals surface area (Å²) < 4.78 is 12.5. The maximum atomic E-state index is 12.5. The van der Waals surface area contributed by atoms with Gasteiger partial charge in [-0.05, 0) is 36.7 Å². The first-order chi connectivity index (χ1) is 9.11. The number of nitrogens with one attached hydrogen (secondary N) is 1. The number of hydrogen-bond donors (Lipinski definition) is 1. The standard InChI is InChI=1S/C13H20FN3.C2H6/c1-16(2)13-7-10-4-5-17(3)8-11(10)6-12(13)15-9-14;1-2/h6-7,15H,4-5,8-9H2,1-3H3;1-2H3. The van der Waals surface area contributed by atoms with E-state index in [-0.39, 0.29) is 0 Å². The van der Waals surface area contributed by atoms with E-state index in [2.05, 4.69) is 29.4 Å². The second kappa shape index (κ2) is 7.34. The molecule has 2 rings (SSSR count). The average Bonchev–Trinajstić information content (AvgIpc) is 2.40. The maximum absolute atomic E-state index is 12.5. The summed E-state index contributed by atoms with van der Waals surface area (Å²) in [7, 11) is 6.09. The third kappa shape index (κ3) is 3.83. The largest absolute Gasteiger partial charge is 0.376 e. The van der Waals surface area contributed by atoms with E-state index < -0.39 is 6.80 Å². The van der Waals surface area contributed by atoms with Crippen LogP contribution in [-0.2, 0) is 13.0 Å². The summed E-state index contributed by atoms with van der Waals surface area (Å²) in [6, 6.07) is 4.26. The second-order valence-electron chi connectivity index (χ2n) is 4.83. The van der Waals surface area contributed by atoms with Gasteiger partial charge in [0.25, 0.3) is 0 Å². The van der Waals surface area contributed by atoms with Gasteiger partial charge in [0.1, 0.15) is 0 Å². The molecule has 0 spiro atoms. The Bertz CT molecular complexity index is 405. The van der Waals surface area contributed by atoms with E-state index in [0.29, 0.717) is 0 Å². The molecule has 3 nitrogen and oxygen atoms in total. The normalized spacial score (nSPS) is 14.2. The van der Waals surface area contributed by atoms with Crippen molar-refractivity contribution in [2.24, 2.45) is 0 Å². The third-order valence-corrected chi connectivity index (χ3v) is 3.26. The van der Waals surface area contributed by atoms with Gasteiger partial charge in [0, 0.05) is 27.2 Å². The number of nitrogens with zero attached hydrogens (tertiary/aromatic N) is 2. The van der Waals surface area contributed by atoms with Gasteiger partial charge in [-0.1, -0.05) is 13.8 Å². The molecular weight excluding hydrogens is 241 g/mol. The molecule has 4 heteroatoms. The van der Waals surface area contributed by atoms with Crippen LogP contribution in [0.3, 0.4) is 0 Å². The third-order valence-electron chi connectivity index (χ3n) is 3.26. The Kier molecular flexibility index (Phi) is 6.09. The lowest BCUT2D eigenvalue weighted by atomic mass is 9.98. The lowest BCUT2D eigenvalue weighted by Crippen LogP contribution is -2.27. The van der Waals surface area contributed by atoms with Crippen LogP contribution in [0.25, 0.3) is 0 Å². The number of benzene rings is 1. The van der Waals surface area contributed by atoms with Gasteiger partial charge in [-0.2, -0.15) is 0 Å². The molecule has 0 amide bonds. The van der Waals surface area contributed by atoms with E-state index >= 15 is 0 Å². The van der Waals surface area contributed by atoms with Crippen molar-refractivity contribution < 1.29 is 4.39 Å². The van der Waals surface area contributed by atoms with Crippen LogP contribution in [0.4, 0.5) is 15.8 Å². The van der Waals surface area contributed by atoms with Crippen LogP contribution in [-0.4, -0.2) is 39.4 Å². The molecule has 0 aromatic heterocycles. The van der Waals surface area contributed by atoms with Gasteiger partial charge in [0.2, 0.25) is 0 Å². The molecule has 1 heterocycles. The van der Waals surface area contributed by atoms with Crippen molar-refractivity contribution in [2.75, 3.05) is 44.7 Å². The van der Waals surface area contributed by atoms with Crippen LogP contribution in [0.1, 0.15) is 25.0 Å². The summed E-state index contributed by atoms with van der Waals surface area (Å²) in [5, 5.41) is 2.80. The van der Waals surface area contributed by atoms with Crippen LogP contribution in [0, 0.1) is 0 Å². The number of fused-ring (bicyclic) bond motifs is 1. The van der Waals surface area contributed by atoms with Crippen LogP contribution in [0.2, 0.25) is 0 Å². The highest BCUT2D eigenvalue weighted by Crippen LogP contribution is 2.31. The lowest BCUT2D eigenvalue weighted by molar-refractivity contribution is 0.313. The van der Waals surface area contributed by atoms with Crippen LogP contribution in [0.5, 0.6) is 0 Å². The first-order valence-electron chi connectivity index (χ1n) is 6.93. The molecule has 0 aliphatic carbocycles. The number of rotatable bonds is 3. The molecular formula is C15H26FN3. The Morgan fingerprint density at radius 2 is 1.95 bits per heavy atom. The van der Waals surface area contributed by atoms with Crippen molar-refractivity contribution >= 4 is 11.4 Å². The first kappa shape index (κ1) is 15.8. The van der Waals surface area contributed by atoms with E-state index in [9.17, 15) is 4.39 Å². The molecule has 19 heavy (non-hydrogen) atoms. The molecule has 0 bridgehead atoms. The van der Waals surface area contributed by atoms with Crippen molar-refractivity contribution in [2.45, 2.75) is 26.8 Å². The molecule has 0 saturated heterocycles. The zero-order chi connectivity index (χ0) is 14.4. The zero-order valence-electron chi connectivity index (χ0n) is 12.8. The predicted molar refractivity (Wildman–Crippen MR) is 81.8 cm³/mol. The summed E-state index contributed by atoms with van der Waals surface area (Å²) in [6.45, 7) is 5.51. The lowest BCUT2D eigenvalue weighted by Gasteiger charge is -2.28. The molecule has 1 N–H and O–H groups in total. The fourth-order valence-corrected chi connectivity index (χ4v) is 2.32. The number of hydrogen-bond acceptors (Lipinski definition) is 3. The van der Waals surface area contributed by atoms with Crippen LogP contribution < -0.4 is 10.2 Å². The second-order valence-corrected chi connectivity index (χ2v) is 4.83. The number of halogens is 1. The predicted octanol–water partition coefficient (Wildman–Crippen LogP) is 3.11. The minimum absolute atomic E-state index is 0.532. The van der Waals surface area contributed by atoms with Gasteiger partial charge in [-0.3, -0.25) is 0 Å². The molecule has 0 unspecified atom stereocenters. The number of likely N-dealkylation sites (N-methyl/N-ethyl adjacent to an activating group) is 1. The van der Waals surface area contributed by atoms with E-state index in [1.807, 2.05) is 32.8 Å². The molecule has 1 aliphatic rings. The first-order valence-corrected chi connectivity index (χ1v) is 6.93. The Labute approximate surface area is 116 Å². The Balaban J connectivity index is 0.000000861. The van der Waals surface area contributed by atoms with Gasteiger partial charge in [0.05, 0.1) is 11.4 Å². The molecule has 1 aromatic carbocycles. The molecule has 1 aliphatic heterocycles. The fraction of sp³-hybridized carbons (Fsp3) is 0.600. The molecule has 0 fully saturated rings. The average molecular weight is 267 g/mol. The summed E-state index contributed by atoms with van der Waals surface area (Å²) >= 11 is 0. The summed E-state index contributed by atoms with van der Waals surface area (Å²) in [5.41, 5.74) is 4.63. The van der Waals surface area contributed by atoms with Crippen molar-refractivity contribution in [1.82, 2.24) is 4.90 Å². The van der Waals surface area contributed by atoms with Gasteiger partial charge in [-0.25, -0.2) is 4.39 Å².